The van der Waals surface area contributed by atoms with Crippen LogP contribution in [0.5, 0.6) is 0 Å². The molecule has 11 heavy (non-hydrogen) atoms. The second-order valence-electron chi connectivity index (χ2n) is 2.32. The average Bonchev–Trinajstić information content (AvgIpc) is 2.34. The fourth-order valence-corrected chi connectivity index (χ4v) is 1.13. The van der Waals surface area contributed by atoms with Crippen LogP contribution in [0.1, 0.15) is 0 Å². The lowest BCUT2D eigenvalue weighted by Crippen LogP contribution is -2.29. The Balaban J connectivity index is 0.000000605. The van der Waals surface area contributed by atoms with E-state index in [1.54, 1.807) is 5.01 Å². The second-order valence-corrected chi connectivity index (χ2v) is 2.32. The molecule has 0 aliphatic carbocycles. The molecule has 1 aromatic carbocycles. The first-order valence-electron chi connectivity index (χ1n) is 3.23. The lowest BCUT2D eigenvalue weighted by atomic mass is 10.3. The van der Waals surface area contributed by atoms with Crippen LogP contribution in [0, 0.1) is 0 Å². The molecule has 0 atom stereocenters. The van der Waals surface area contributed by atoms with Gasteiger partial charge in [0.1, 0.15) is 6.67 Å². The van der Waals surface area contributed by atoms with Crippen molar-refractivity contribution in [2.45, 2.75) is 0 Å². The van der Waals surface area contributed by atoms with Crippen LogP contribution in [0.25, 0.3) is 0 Å². The van der Waals surface area contributed by atoms with Crippen molar-refractivity contribution in [3.05, 3.63) is 24.3 Å². The summed E-state index contributed by atoms with van der Waals surface area (Å²) in [5, 5.41) is 4.84. The third-order valence-corrected chi connectivity index (χ3v) is 1.65. The molecule has 4 heteroatoms. The van der Waals surface area contributed by atoms with Gasteiger partial charge in [0.2, 0.25) is 0 Å². The zero-order valence-corrected chi connectivity index (χ0v) is 6.77. The number of halogens is 1. The Labute approximate surface area is 71.6 Å². The van der Waals surface area contributed by atoms with Crippen LogP contribution in [0.4, 0.5) is 11.4 Å². The number of nitrogens with zero attached hydrogens (tertiary/aromatic N) is 1. The highest BCUT2D eigenvalue weighted by molar-refractivity contribution is 5.85. The highest BCUT2D eigenvalue weighted by atomic mass is 35.5. The Morgan fingerprint density at radius 1 is 1.36 bits per heavy atom. The smallest absolute Gasteiger partial charge is 0.103 e. The molecule has 0 unspecified atom stereocenters. The van der Waals surface area contributed by atoms with Gasteiger partial charge >= 0.3 is 0 Å². The topological polar surface area (TPSA) is 41.3 Å². The third kappa shape index (κ3) is 1.25. The highest BCUT2D eigenvalue weighted by Gasteiger charge is 2.12. The number of nitrogens with two attached hydrogens (primary N) is 1. The quantitative estimate of drug-likeness (QED) is 0.576. The van der Waals surface area contributed by atoms with Gasteiger partial charge < -0.3 is 5.32 Å². The van der Waals surface area contributed by atoms with Crippen LogP contribution >= 0.6 is 12.4 Å². The van der Waals surface area contributed by atoms with Crippen molar-refractivity contribution in [3.63, 3.8) is 0 Å². The fraction of sp³-hybridized carbons (Fsp3) is 0.143. The zero-order chi connectivity index (χ0) is 6.97. The van der Waals surface area contributed by atoms with Crippen molar-refractivity contribution in [2.75, 3.05) is 17.0 Å². The molecular formula is C7H10ClN3. The van der Waals surface area contributed by atoms with Crippen molar-refractivity contribution in [2.24, 2.45) is 5.84 Å². The van der Waals surface area contributed by atoms with Gasteiger partial charge in [0, 0.05) is 0 Å². The first-order chi connectivity index (χ1) is 4.88. The number of rotatable bonds is 0. The lowest BCUT2D eigenvalue weighted by Gasteiger charge is -2.07. The predicted molar refractivity (Wildman–Crippen MR) is 48.8 cm³/mol. The maximum Gasteiger partial charge on any atom is 0.103 e. The highest BCUT2D eigenvalue weighted by Crippen LogP contribution is 2.27. The molecule has 60 valence electrons. The largest absolute Gasteiger partial charge is 0.365 e. The maximum atomic E-state index is 5.62. The molecule has 1 aromatic rings. The molecule has 1 aliphatic heterocycles. The number of anilines is 2. The summed E-state index contributed by atoms with van der Waals surface area (Å²) in [5.74, 6) is 5.62. The van der Waals surface area contributed by atoms with Gasteiger partial charge in [-0.25, -0.2) is 5.84 Å². The van der Waals surface area contributed by atoms with E-state index in [-0.39, 0.29) is 12.4 Å². The molecule has 0 amide bonds. The molecule has 1 aliphatic rings. The molecule has 0 saturated heterocycles. The number of hydrogen-bond donors (Lipinski definition) is 2. The van der Waals surface area contributed by atoms with Crippen LogP contribution in [-0.4, -0.2) is 6.67 Å². The van der Waals surface area contributed by atoms with Crippen LogP contribution in [0.15, 0.2) is 24.3 Å². The van der Waals surface area contributed by atoms with Gasteiger partial charge in [0.15, 0.2) is 0 Å². The van der Waals surface area contributed by atoms with E-state index in [4.69, 9.17) is 5.84 Å². The van der Waals surface area contributed by atoms with Gasteiger partial charge in [-0.2, -0.15) is 0 Å². The molecule has 0 radical (unpaired) electrons. The number of hydrogen-bond acceptors (Lipinski definition) is 3. The van der Waals surface area contributed by atoms with Gasteiger partial charge in [-0.15, -0.1) is 12.4 Å². The fourth-order valence-electron chi connectivity index (χ4n) is 1.13. The molecule has 3 N–H and O–H groups in total. The van der Waals surface area contributed by atoms with Crippen molar-refractivity contribution in [1.82, 2.24) is 0 Å². The second kappa shape index (κ2) is 2.98. The Bertz CT molecular complexity index is 251. The maximum absolute atomic E-state index is 5.62. The molecule has 0 fully saturated rings. The summed E-state index contributed by atoms with van der Waals surface area (Å²) in [5.41, 5.74) is 2.19. The first kappa shape index (κ1) is 8.17. The Morgan fingerprint density at radius 2 is 2.09 bits per heavy atom. The molecule has 0 saturated carbocycles. The van der Waals surface area contributed by atoms with E-state index in [2.05, 4.69) is 5.32 Å². The Morgan fingerprint density at radius 3 is 2.82 bits per heavy atom. The van der Waals surface area contributed by atoms with E-state index >= 15 is 0 Å². The molecule has 0 spiro atoms. The van der Waals surface area contributed by atoms with Gasteiger partial charge in [-0.1, -0.05) is 12.1 Å². The Hall–Kier alpha value is -0.930. The summed E-state index contributed by atoms with van der Waals surface area (Å²) < 4.78 is 0. The van der Waals surface area contributed by atoms with Crippen LogP contribution in [0.3, 0.4) is 0 Å². The number of hydrazine groups is 1. The standard InChI is InChI=1S/C7H9N3.ClH/c8-10-5-9-6-3-1-2-4-7(6)10;/h1-4,9H,5,8H2;1H. The van der Waals surface area contributed by atoms with E-state index in [0.717, 1.165) is 11.4 Å². The van der Waals surface area contributed by atoms with Crippen LogP contribution in [0.2, 0.25) is 0 Å². The minimum atomic E-state index is 0. The summed E-state index contributed by atoms with van der Waals surface area (Å²) in [6.45, 7) is 0.708. The third-order valence-electron chi connectivity index (χ3n) is 1.65. The van der Waals surface area contributed by atoms with Gasteiger partial charge in [-0.05, 0) is 12.1 Å². The van der Waals surface area contributed by atoms with E-state index < -0.39 is 0 Å². The summed E-state index contributed by atoms with van der Waals surface area (Å²) in [7, 11) is 0. The van der Waals surface area contributed by atoms with Crippen LogP contribution in [-0.2, 0) is 0 Å². The van der Waals surface area contributed by atoms with Gasteiger partial charge in [0.25, 0.3) is 0 Å². The number of para-hydroxylation sites is 2. The summed E-state index contributed by atoms with van der Waals surface area (Å²) >= 11 is 0. The summed E-state index contributed by atoms with van der Waals surface area (Å²) in [6.07, 6.45) is 0. The van der Waals surface area contributed by atoms with E-state index in [9.17, 15) is 0 Å². The molecule has 3 nitrogen and oxygen atoms in total. The average molecular weight is 172 g/mol. The van der Waals surface area contributed by atoms with Crippen LogP contribution < -0.4 is 16.2 Å². The van der Waals surface area contributed by atoms with E-state index in [1.165, 1.54) is 0 Å². The van der Waals surface area contributed by atoms with Crippen molar-refractivity contribution in [1.29, 1.82) is 0 Å². The lowest BCUT2D eigenvalue weighted by molar-refractivity contribution is 0.945. The molecule has 1 heterocycles. The summed E-state index contributed by atoms with van der Waals surface area (Å²) in [4.78, 5) is 0. The number of nitrogens with one attached hydrogen (secondary N) is 1. The minimum Gasteiger partial charge on any atom is -0.365 e. The molecular weight excluding hydrogens is 162 g/mol. The monoisotopic (exact) mass is 171 g/mol. The number of benzene rings is 1. The minimum absolute atomic E-state index is 0. The van der Waals surface area contributed by atoms with E-state index in [1.807, 2.05) is 24.3 Å². The molecule has 2 rings (SSSR count). The van der Waals surface area contributed by atoms with Gasteiger partial charge in [0.05, 0.1) is 11.4 Å². The SMILES string of the molecule is Cl.NN1CNc2ccccc21. The summed E-state index contributed by atoms with van der Waals surface area (Å²) in [6, 6.07) is 7.98. The normalized spacial score (nSPS) is 13.4. The van der Waals surface area contributed by atoms with Gasteiger partial charge in [-0.3, -0.25) is 5.01 Å². The van der Waals surface area contributed by atoms with Crippen molar-refractivity contribution < 1.29 is 0 Å². The van der Waals surface area contributed by atoms with Crippen molar-refractivity contribution in [3.8, 4) is 0 Å². The number of fused-ring (bicyclic) bond motifs is 1. The van der Waals surface area contributed by atoms with Crippen molar-refractivity contribution >= 4 is 23.8 Å². The molecule has 0 bridgehead atoms. The first-order valence-corrected chi connectivity index (χ1v) is 3.23. The zero-order valence-electron chi connectivity index (χ0n) is 5.95. The predicted octanol–water partition coefficient (Wildman–Crippen LogP) is 1.17. The molecule has 0 aromatic heterocycles. The van der Waals surface area contributed by atoms with E-state index in [0.29, 0.717) is 6.67 Å². The Kier molecular flexibility index (Phi) is 2.22.